The van der Waals surface area contributed by atoms with E-state index in [2.05, 4.69) is 4.99 Å². The Hall–Kier alpha value is -1.65. The summed E-state index contributed by atoms with van der Waals surface area (Å²) < 4.78 is -0.911. The molecule has 2 rings (SSSR count). The molecular formula is C12H14IN3O5. The Labute approximate surface area is 134 Å². The molecule has 2 heterocycles. The summed E-state index contributed by atoms with van der Waals surface area (Å²) in [6.07, 6.45) is 3.74. The van der Waals surface area contributed by atoms with Crippen molar-refractivity contribution in [2.45, 2.75) is 9.46 Å². The van der Waals surface area contributed by atoms with Gasteiger partial charge in [0.15, 0.2) is 0 Å². The highest BCUT2D eigenvalue weighted by Crippen LogP contribution is 2.28. The van der Waals surface area contributed by atoms with Gasteiger partial charge in [0.25, 0.3) is 0 Å². The molecule has 2 aliphatic rings. The maximum atomic E-state index is 12.6. The number of halogens is 1. The van der Waals surface area contributed by atoms with Crippen LogP contribution in [0.2, 0.25) is 0 Å². The smallest absolute Gasteiger partial charge is 0.407 e. The minimum absolute atomic E-state index is 0.0599. The minimum Gasteiger partial charge on any atom is -0.480 e. The number of aliphatic imine (C=N–C) groups is 1. The predicted octanol–water partition coefficient (Wildman–Crippen LogP) is 0.0762. The van der Waals surface area contributed by atoms with Crippen LogP contribution in [0.3, 0.4) is 0 Å². The predicted molar refractivity (Wildman–Crippen MR) is 82.0 cm³/mol. The van der Waals surface area contributed by atoms with Crippen molar-refractivity contribution in [3.8, 4) is 0 Å². The Balaban J connectivity index is 2.20. The van der Waals surface area contributed by atoms with E-state index in [9.17, 15) is 19.5 Å². The zero-order valence-corrected chi connectivity index (χ0v) is 13.1. The number of carboxylic acid groups (broad SMARTS) is 2. The van der Waals surface area contributed by atoms with Crippen molar-refractivity contribution < 1.29 is 24.6 Å². The molecule has 0 radical (unpaired) electrons. The lowest BCUT2D eigenvalue weighted by Crippen LogP contribution is -2.62. The normalized spacial score (nSPS) is 28.5. The SMILES string of the molecule is O=C(O)[C@@H]1CN(C(=O)O)CCN1C(=O)C1(I)C=CC=NC1. The second-order valence-corrected chi connectivity index (χ2v) is 6.72. The van der Waals surface area contributed by atoms with Gasteiger partial charge < -0.3 is 20.0 Å². The van der Waals surface area contributed by atoms with Crippen molar-refractivity contribution in [3.63, 3.8) is 0 Å². The molecule has 2 amide bonds. The molecule has 0 spiro atoms. The second kappa shape index (κ2) is 6.00. The van der Waals surface area contributed by atoms with Crippen LogP contribution in [0.1, 0.15) is 0 Å². The molecule has 0 aromatic carbocycles. The number of amides is 2. The first-order valence-corrected chi connectivity index (χ1v) is 7.31. The van der Waals surface area contributed by atoms with Crippen molar-refractivity contribution in [1.82, 2.24) is 9.80 Å². The molecule has 2 atom stereocenters. The fraction of sp³-hybridized carbons (Fsp3) is 0.500. The van der Waals surface area contributed by atoms with Gasteiger partial charge in [0.05, 0.1) is 13.1 Å². The van der Waals surface area contributed by atoms with Crippen LogP contribution in [0, 0.1) is 0 Å². The van der Waals surface area contributed by atoms with Crippen molar-refractivity contribution in [3.05, 3.63) is 12.2 Å². The Kier molecular flexibility index (Phi) is 4.49. The van der Waals surface area contributed by atoms with Crippen LogP contribution >= 0.6 is 22.6 Å². The fourth-order valence-electron chi connectivity index (χ4n) is 2.28. The number of carboxylic acids is 1. The first kappa shape index (κ1) is 15.7. The summed E-state index contributed by atoms with van der Waals surface area (Å²) >= 11 is 1.96. The summed E-state index contributed by atoms with van der Waals surface area (Å²) in [5, 5.41) is 18.2. The van der Waals surface area contributed by atoms with Crippen LogP contribution in [0.25, 0.3) is 0 Å². The standard InChI is InChI=1S/C12H14IN3O5/c13-12(2-1-3-14-7-12)10(19)16-5-4-15(11(20)21)6-8(16)9(17)18/h1-3,8H,4-7H2,(H,17,18)(H,20,21)/t8-,12?/m0/s1. The van der Waals surface area contributed by atoms with Gasteiger partial charge in [-0.3, -0.25) is 9.79 Å². The maximum Gasteiger partial charge on any atom is 0.407 e. The van der Waals surface area contributed by atoms with Crippen LogP contribution in [-0.2, 0) is 9.59 Å². The van der Waals surface area contributed by atoms with Gasteiger partial charge >= 0.3 is 12.1 Å². The number of piperazine rings is 1. The topological polar surface area (TPSA) is 111 Å². The van der Waals surface area contributed by atoms with Crippen molar-refractivity contribution >= 4 is 46.8 Å². The second-order valence-electron chi connectivity index (χ2n) is 4.79. The molecule has 2 aliphatic heterocycles. The van der Waals surface area contributed by atoms with E-state index in [1.54, 1.807) is 18.4 Å². The van der Waals surface area contributed by atoms with E-state index in [1.807, 2.05) is 22.6 Å². The average Bonchev–Trinajstić information content (AvgIpc) is 2.46. The van der Waals surface area contributed by atoms with Gasteiger partial charge in [-0.05, 0) is 6.08 Å². The molecule has 0 aliphatic carbocycles. The van der Waals surface area contributed by atoms with Crippen molar-refractivity contribution in [1.29, 1.82) is 0 Å². The van der Waals surface area contributed by atoms with Gasteiger partial charge in [-0.15, -0.1) is 0 Å². The molecule has 9 heteroatoms. The summed E-state index contributed by atoms with van der Waals surface area (Å²) in [4.78, 5) is 41.2. The summed E-state index contributed by atoms with van der Waals surface area (Å²) in [6.45, 7) is 0.180. The van der Waals surface area contributed by atoms with Crippen LogP contribution in [0.15, 0.2) is 17.1 Å². The number of dihydropyridines is 1. The number of nitrogens with zero attached hydrogens (tertiary/aromatic N) is 3. The quantitative estimate of drug-likeness (QED) is 0.498. The summed E-state index contributed by atoms with van der Waals surface area (Å²) in [5.74, 6) is -1.56. The van der Waals surface area contributed by atoms with E-state index >= 15 is 0 Å². The molecule has 0 saturated carbocycles. The number of carbonyl (C=O) groups is 3. The third kappa shape index (κ3) is 3.17. The molecule has 114 valence electrons. The van der Waals surface area contributed by atoms with E-state index in [0.717, 1.165) is 4.90 Å². The summed E-state index contributed by atoms with van der Waals surface area (Å²) in [7, 11) is 0. The van der Waals surface area contributed by atoms with E-state index in [1.165, 1.54) is 4.90 Å². The van der Waals surface area contributed by atoms with Gasteiger partial charge in [0.1, 0.15) is 9.46 Å². The third-order valence-electron chi connectivity index (χ3n) is 3.43. The molecule has 0 aromatic heterocycles. The zero-order chi connectivity index (χ0) is 15.6. The van der Waals surface area contributed by atoms with Gasteiger partial charge in [-0.1, -0.05) is 28.7 Å². The zero-order valence-electron chi connectivity index (χ0n) is 11.0. The number of aliphatic carboxylic acids is 1. The fourth-order valence-corrected chi connectivity index (χ4v) is 3.00. The van der Waals surface area contributed by atoms with E-state index < -0.39 is 21.5 Å². The number of rotatable bonds is 2. The summed E-state index contributed by atoms with van der Waals surface area (Å²) in [5.41, 5.74) is 0. The van der Waals surface area contributed by atoms with E-state index in [-0.39, 0.29) is 32.1 Å². The highest BCUT2D eigenvalue weighted by atomic mass is 127. The average molecular weight is 407 g/mol. The number of alkyl halides is 1. The first-order valence-electron chi connectivity index (χ1n) is 6.23. The van der Waals surface area contributed by atoms with Gasteiger partial charge in [0.2, 0.25) is 5.91 Å². The largest absolute Gasteiger partial charge is 0.480 e. The number of hydrogen-bond donors (Lipinski definition) is 2. The molecule has 1 saturated heterocycles. The van der Waals surface area contributed by atoms with E-state index in [4.69, 9.17) is 5.11 Å². The molecule has 0 aromatic rings. The highest BCUT2D eigenvalue weighted by molar-refractivity contribution is 14.1. The Morgan fingerprint density at radius 2 is 2.00 bits per heavy atom. The lowest BCUT2D eigenvalue weighted by molar-refractivity contribution is -0.153. The first-order chi connectivity index (χ1) is 9.85. The molecular weight excluding hydrogens is 393 g/mol. The van der Waals surface area contributed by atoms with Crippen LogP contribution < -0.4 is 0 Å². The monoisotopic (exact) mass is 407 g/mol. The van der Waals surface area contributed by atoms with Gasteiger partial charge in [-0.25, -0.2) is 9.59 Å². The van der Waals surface area contributed by atoms with Crippen molar-refractivity contribution in [2.24, 2.45) is 4.99 Å². The van der Waals surface area contributed by atoms with Gasteiger partial charge in [0, 0.05) is 19.3 Å². The molecule has 1 fully saturated rings. The lowest BCUT2D eigenvalue weighted by Gasteiger charge is -2.41. The number of hydrogen-bond acceptors (Lipinski definition) is 4. The maximum absolute atomic E-state index is 12.6. The minimum atomic E-state index is -1.21. The van der Waals surface area contributed by atoms with Crippen LogP contribution in [0.5, 0.6) is 0 Å². The molecule has 1 unspecified atom stereocenters. The van der Waals surface area contributed by atoms with Crippen molar-refractivity contribution in [2.75, 3.05) is 26.2 Å². The van der Waals surface area contributed by atoms with Gasteiger partial charge in [-0.2, -0.15) is 0 Å². The Morgan fingerprint density at radius 3 is 2.52 bits per heavy atom. The van der Waals surface area contributed by atoms with E-state index in [0.29, 0.717) is 0 Å². The Morgan fingerprint density at radius 1 is 1.29 bits per heavy atom. The number of carbonyl (C=O) groups excluding carboxylic acids is 1. The molecule has 8 nitrogen and oxygen atoms in total. The number of allylic oxidation sites excluding steroid dienone is 1. The molecule has 0 bridgehead atoms. The Bertz CT molecular complexity index is 535. The van der Waals surface area contributed by atoms with Crippen LogP contribution in [0.4, 0.5) is 4.79 Å². The third-order valence-corrected chi connectivity index (χ3v) is 4.59. The van der Waals surface area contributed by atoms with Crippen LogP contribution in [-0.4, -0.2) is 79.8 Å². The molecule has 2 N–H and O–H groups in total. The molecule has 21 heavy (non-hydrogen) atoms. The summed E-state index contributed by atoms with van der Waals surface area (Å²) in [6, 6.07) is -1.17. The lowest BCUT2D eigenvalue weighted by atomic mass is 10.0. The highest BCUT2D eigenvalue weighted by Gasteiger charge is 2.44.